The third-order valence-corrected chi connectivity index (χ3v) is 5.94. The number of amides is 3. The average molecular weight is 413 g/mol. The minimum atomic E-state index is -0.974. The van der Waals surface area contributed by atoms with Crippen molar-refractivity contribution in [3.8, 4) is 0 Å². The van der Waals surface area contributed by atoms with Crippen molar-refractivity contribution < 1.29 is 24.3 Å². The first kappa shape index (κ1) is 19.3. The Bertz CT molecular complexity index is 1050. The predicted molar refractivity (Wildman–Crippen MR) is 108 cm³/mol. The highest BCUT2D eigenvalue weighted by atomic mass is 32.2. The number of hydrogen-bond acceptors (Lipinski definition) is 5. The van der Waals surface area contributed by atoms with Gasteiger partial charge in [-0.15, -0.1) is 0 Å². The highest BCUT2D eigenvalue weighted by Crippen LogP contribution is 2.34. The minimum absolute atomic E-state index is 0.208. The first-order valence-corrected chi connectivity index (χ1v) is 10.1. The van der Waals surface area contributed by atoms with Crippen LogP contribution in [0.15, 0.2) is 35.4 Å². The van der Waals surface area contributed by atoms with Crippen LogP contribution >= 0.6 is 11.8 Å². The van der Waals surface area contributed by atoms with E-state index in [1.54, 1.807) is 27.8 Å². The van der Waals surface area contributed by atoms with Gasteiger partial charge in [-0.3, -0.25) is 24.1 Å². The first-order valence-electron chi connectivity index (χ1n) is 9.27. The number of nitrogens with zero attached hydrogens (tertiary/aromatic N) is 3. The molecule has 2 aliphatic rings. The number of fused-ring (bicyclic) bond motifs is 1. The van der Waals surface area contributed by atoms with Gasteiger partial charge in [-0.05, 0) is 36.7 Å². The molecular weight excluding hydrogens is 394 g/mol. The van der Waals surface area contributed by atoms with Crippen LogP contribution in [-0.4, -0.2) is 62.1 Å². The van der Waals surface area contributed by atoms with E-state index in [2.05, 4.69) is 0 Å². The van der Waals surface area contributed by atoms with Gasteiger partial charge in [-0.1, -0.05) is 18.2 Å². The zero-order valence-electron chi connectivity index (χ0n) is 15.5. The SMILES string of the molecule is O=C(O)Cn1cc(C=C2SC(=O)N(CC(=O)N3CCCC3)C2=O)c2ccccc21. The van der Waals surface area contributed by atoms with Crippen LogP contribution in [0.2, 0.25) is 0 Å². The second-order valence-corrected chi connectivity index (χ2v) is 7.97. The number of aliphatic carboxylic acids is 1. The molecule has 2 aliphatic heterocycles. The molecule has 8 nitrogen and oxygen atoms in total. The number of carboxylic acids is 1. The molecular formula is C20H19N3O5S. The molecule has 0 unspecified atom stereocenters. The smallest absolute Gasteiger partial charge is 0.323 e. The fourth-order valence-electron chi connectivity index (χ4n) is 3.65. The zero-order chi connectivity index (χ0) is 20.5. The van der Waals surface area contributed by atoms with Gasteiger partial charge >= 0.3 is 5.97 Å². The lowest BCUT2D eigenvalue weighted by Crippen LogP contribution is -2.40. The van der Waals surface area contributed by atoms with E-state index in [9.17, 15) is 19.2 Å². The normalized spacial score (nSPS) is 18.4. The van der Waals surface area contributed by atoms with E-state index in [4.69, 9.17) is 5.11 Å². The number of benzene rings is 1. The Morgan fingerprint density at radius 2 is 1.83 bits per heavy atom. The number of imide groups is 1. The van der Waals surface area contributed by atoms with Crippen molar-refractivity contribution in [3.05, 3.63) is 40.9 Å². The average Bonchev–Trinajstić information content (AvgIpc) is 3.39. The monoisotopic (exact) mass is 413 g/mol. The maximum absolute atomic E-state index is 12.7. The summed E-state index contributed by atoms with van der Waals surface area (Å²) < 4.78 is 1.59. The number of carbonyl (C=O) groups excluding carboxylic acids is 3. The zero-order valence-corrected chi connectivity index (χ0v) is 16.4. The Labute approximate surface area is 170 Å². The van der Waals surface area contributed by atoms with Crippen molar-refractivity contribution >= 4 is 51.8 Å². The molecule has 1 aromatic heterocycles. The summed E-state index contributed by atoms with van der Waals surface area (Å²) in [6, 6.07) is 7.27. The first-order chi connectivity index (χ1) is 13.9. The van der Waals surface area contributed by atoms with E-state index in [0.717, 1.165) is 40.4 Å². The van der Waals surface area contributed by atoms with E-state index in [1.807, 2.05) is 18.2 Å². The van der Waals surface area contributed by atoms with Crippen LogP contribution in [0.4, 0.5) is 4.79 Å². The number of carboxylic acid groups (broad SMARTS) is 1. The fourth-order valence-corrected chi connectivity index (χ4v) is 4.48. The number of rotatable bonds is 5. The molecule has 0 aliphatic carbocycles. The van der Waals surface area contributed by atoms with Crippen LogP contribution in [0.3, 0.4) is 0 Å². The number of likely N-dealkylation sites (tertiary alicyclic amines) is 1. The molecule has 3 amide bonds. The number of hydrogen-bond donors (Lipinski definition) is 1. The Balaban J connectivity index is 1.60. The molecule has 1 aromatic carbocycles. The molecule has 3 heterocycles. The summed E-state index contributed by atoms with van der Waals surface area (Å²) in [6.45, 7) is 0.866. The van der Waals surface area contributed by atoms with Gasteiger partial charge in [-0.2, -0.15) is 0 Å². The van der Waals surface area contributed by atoms with Gasteiger partial charge in [-0.25, -0.2) is 0 Å². The molecule has 1 N–H and O–H groups in total. The van der Waals surface area contributed by atoms with Gasteiger partial charge in [0.1, 0.15) is 13.1 Å². The lowest BCUT2D eigenvalue weighted by atomic mass is 10.1. The van der Waals surface area contributed by atoms with Gasteiger partial charge in [0.15, 0.2) is 0 Å². The molecule has 150 valence electrons. The molecule has 0 radical (unpaired) electrons. The van der Waals surface area contributed by atoms with Crippen molar-refractivity contribution in [1.29, 1.82) is 0 Å². The van der Waals surface area contributed by atoms with E-state index in [1.165, 1.54) is 0 Å². The summed E-state index contributed by atoms with van der Waals surface area (Å²) in [4.78, 5) is 51.4. The fraction of sp³-hybridized carbons (Fsp3) is 0.300. The van der Waals surface area contributed by atoms with Gasteiger partial charge < -0.3 is 14.6 Å². The highest BCUT2D eigenvalue weighted by Gasteiger charge is 2.37. The number of para-hydroxylation sites is 1. The van der Waals surface area contributed by atoms with Crippen LogP contribution in [0.25, 0.3) is 17.0 Å². The topological polar surface area (TPSA) is 99.9 Å². The Hall–Kier alpha value is -3.07. The maximum Gasteiger partial charge on any atom is 0.323 e. The molecule has 0 bridgehead atoms. The molecule has 2 saturated heterocycles. The van der Waals surface area contributed by atoms with Crippen LogP contribution in [0, 0.1) is 0 Å². The predicted octanol–water partition coefficient (Wildman–Crippen LogP) is 2.38. The summed E-state index contributed by atoms with van der Waals surface area (Å²) in [7, 11) is 0. The van der Waals surface area contributed by atoms with Crippen molar-refractivity contribution in [1.82, 2.24) is 14.4 Å². The largest absolute Gasteiger partial charge is 0.480 e. The third kappa shape index (κ3) is 3.77. The van der Waals surface area contributed by atoms with Gasteiger partial charge in [0, 0.05) is 35.8 Å². The second kappa shape index (κ2) is 7.75. The maximum atomic E-state index is 12.7. The summed E-state index contributed by atoms with van der Waals surface area (Å²) in [5.74, 6) is -1.69. The Kier molecular flexibility index (Phi) is 5.14. The number of aromatic nitrogens is 1. The van der Waals surface area contributed by atoms with E-state index < -0.39 is 17.1 Å². The molecule has 9 heteroatoms. The Morgan fingerprint density at radius 1 is 1.10 bits per heavy atom. The van der Waals surface area contributed by atoms with Crippen molar-refractivity contribution in [2.24, 2.45) is 0 Å². The van der Waals surface area contributed by atoms with E-state index >= 15 is 0 Å². The molecule has 0 saturated carbocycles. The molecule has 4 rings (SSSR count). The van der Waals surface area contributed by atoms with Gasteiger partial charge in [0.25, 0.3) is 11.1 Å². The van der Waals surface area contributed by atoms with Crippen LogP contribution < -0.4 is 0 Å². The number of carbonyl (C=O) groups is 4. The van der Waals surface area contributed by atoms with E-state index in [0.29, 0.717) is 18.7 Å². The van der Waals surface area contributed by atoms with Gasteiger partial charge in [0.2, 0.25) is 5.91 Å². The van der Waals surface area contributed by atoms with Crippen LogP contribution in [0.5, 0.6) is 0 Å². The molecule has 2 fully saturated rings. The highest BCUT2D eigenvalue weighted by molar-refractivity contribution is 8.18. The molecule has 0 atom stereocenters. The third-order valence-electron chi connectivity index (χ3n) is 5.04. The molecule has 29 heavy (non-hydrogen) atoms. The number of thioether (sulfide) groups is 1. The van der Waals surface area contributed by atoms with Gasteiger partial charge in [0.05, 0.1) is 4.91 Å². The van der Waals surface area contributed by atoms with Crippen LogP contribution in [0.1, 0.15) is 18.4 Å². The van der Waals surface area contributed by atoms with Crippen LogP contribution in [-0.2, 0) is 20.9 Å². The van der Waals surface area contributed by atoms with E-state index in [-0.39, 0.29) is 23.9 Å². The van der Waals surface area contributed by atoms with Crippen molar-refractivity contribution in [2.45, 2.75) is 19.4 Å². The molecule has 0 spiro atoms. The Morgan fingerprint density at radius 3 is 2.55 bits per heavy atom. The lowest BCUT2D eigenvalue weighted by molar-refractivity contribution is -0.137. The summed E-state index contributed by atoms with van der Waals surface area (Å²) in [6.07, 6.45) is 5.12. The quantitative estimate of drug-likeness (QED) is 0.756. The standard InChI is InChI=1S/C20H19N3O5S/c24-17(21-7-3-4-8-21)11-23-19(27)16(29-20(23)28)9-13-10-22(12-18(25)26)15-6-2-1-5-14(13)15/h1-2,5-6,9-10H,3-4,7-8,11-12H2,(H,25,26). The summed E-state index contributed by atoms with van der Waals surface area (Å²) in [5.41, 5.74) is 1.38. The summed E-state index contributed by atoms with van der Waals surface area (Å²) in [5, 5.41) is 9.44. The van der Waals surface area contributed by atoms with Crippen molar-refractivity contribution in [3.63, 3.8) is 0 Å². The summed E-state index contributed by atoms with van der Waals surface area (Å²) >= 11 is 0.795. The molecule has 2 aromatic rings. The lowest BCUT2D eigenvalue weighted by Gasteiger charge is -2.18. The minimum Gasteiger partial charge on any atom is -0.480 e. The second-order valence-electron chi connectivity index (χ2n) is 6.98. The van der Waals surface area contributed by atoms with Crippen molar-refractivity contribution in [2.75, 3.05) is 19.6 Å².